The van der Waals surface area contributed by atoms with E-state index in [9.17, 15) is 4.79 Å². The fourth-order valence-corrected chi connectivity index (χ4v) is 4.96. The van der Waals surface area contributed by atoms with E-state index in [2.05, 4.69) is 9.97 Å². The first-order valence-corrected chi connectivity index (χ1v) is 12.8. The molecule has 0 aliphatic heterocycles. The second-order valence-electron chi connectivity index (χ2n) is 9.49. The van der Waals surface area contributed by atoms with Gasteiger partial charge in [-0.15, -0.1) is 0 Å². The van der Waals surface area contributed by atoms with E-state index in [0.29, 0.717) is 32.8 Å². The van der Waals surface area contributed by atoms with E-state index in [0.717, 1.165) is 16.7 Å². The number of hydrogen-bond acceptors (Lipinski definition) is 7. The van der Waals surface area contributed by atoms with Crippen LogP contribution in [0, 0.1) is 5.92 Å². The smallest absolute Gasteiger partial charge is 0.352 e. The number of nitrogens with two attached hydrogens (primary N) is 1. The van der Waals surface area contributed by atoms with Gasteiger partial charge in [0.25, 0.3) is 0 Å². The summed E-state index contributed by atoms with van der Waals surface area (Å²) in [6.07, 6.45) is 1.33. The lowest BCUT2D eigenvalue weighted by molar-refractivity contribution is -0.103. The summed E-state index contributed by atoms with van der Waals surface area (Å²) in [6, 6.07) is 29.7. The molecule has 1 heterocycles. The summed E-state index contributed by atoms with van der Waals surface area (Å²) in [4.78, 5) is 20.8. The molecule has 196 valence electrons. The van der Waals surface area contributed by atoms with Crippen molar-refractivity contribution in [3.8, 4) is 0 Å². The van der Waals surface area contributed by atoms with E-state index in [1.165, 1.54) is 10.9 Å². The van der Waals surface area contributed by atoms with Crippen molar-refractivity contribution < 1.29 is 14.2 Å². The largest absolute Gasteiger partial charge is 0.376 e. The molecule has 0 saturated heterocycles. The van der Waals surface area contributed by atoms with Crippen molar-refractivity contribution in [2.45, 2.75) is 44.5 Å². The lowest BCUT2D eigenvalue weighted by Gasteiger charge is -2.28. The van der Waals surface area contributed by atoms with Crippen LogP contribution in [0.2, 0.25) is 0 Å². The fourth-order valence-electron chi connectivity index (χ4n) is 4.96. The molecular formula is C30H32N4O4. The van der Waals surface area contributed by atoms with Crippen LogP contribution in [-0.4, -0.2) is 33.3 Å². The first-order chi connectivity index (χ1) is 18.7. The summed E-state index contributed by atoms with van der Waals surface area (Å²) in [7, 11) is 0. The van der Waals surface area contributed by atoms with E-state index in [-0.39, 0.29) is 24.0 Å². The van der Waals surface area contributed by atoms with E-state index in [1.54, 1.807) is 0 Å². The molecule has 1 saturated carbocycles. The van der Waals surface area contributed by atoms with Gasteiger partial charge in [-0.05, 0) is 23.1 Å². The molecule has 2 unspecified atom stereocenters. The fraction of sp³-hybridized carbons (Fsp3) is 0.300. The summed E-state index contributed by atoms with van der Waals surface area (Å²) in [5.74, 6) is -0.0664. The van der Waals surface area contributed by atoms with Gasteiger partial charge in [0.15, 0.2) is 0 Å². The number of ether oxygens (including phenoxy) is 3. The van der Waals surface area contributed by atoms with Crippen molar-refractivity contribution in [2.24, 2.45) is 5.92 Å². The number of hydrogen-bond donors (Lipinski definition) is 1. The minimum atomic E-state index is -0.455. The number of rotatable bonds is 11. The van der Waals surface area contributed by atoms with E-state index in [1.807, 2.05) is 91.0 Å². The monoisotopic (exact) mass is 512 g/mol. The van der Waals surface area contributed by atoms with Gasteiger partial charge in [-0.1, -0.05) is 91.0 Å². The van der Waals surface area contributed by atoms with Crippen molar-refractivity contribution in [1.82, 2.24) is 14.5 Å². The number of benzene rings is 3. The van der Waals surface area contributed by atoms with Gasteiger partial charge in [-0.2, -0.15) is 4.98 Å². The molecule has 1 aliphatic carbocycles. The number of aromatic nitrogens is 3. The molecule has 5 rings (SSSR count). The Balaban J connectivity index is 1.40. The van der Waals surface area contributed by atoms with E-state index in [4.69, 9.17) is 19.9 Å². The van der Waals surface area contributed by atoms with Crippen LogP contribution < -0.4 is 11.4 Å². The van der Waals surface area contributed by atoms with Gasteiger partial charge in [-0.25, -0.2) is 9.78 Å². The molecule has 0 amide bonds. The normalized spacial score (nSPS) is 20.9. The zero-order valence-corrected chi connectivity index (χ0v) is 21.1. The Bertz CT molecular complexity index is 1330. The molecule has 1 aromatic heterocycles. The topological polar surface area (TPSA) is 101 Å². The Labute approximate surface area is 222 Å². The highest BCUT2D eigenvalue weighted by Crippen LogP contribution is 2.39. The highest BCUT2D eigenvalue weighted by Gasteiger charge is 2.46. The highest BCUT2D eigenvalue weighted by molar-refractivity contribution is 5.16. The summed E-state index contributed by atoms with van der Waals surface area (Å²) in [5.41, 5.74) is 8.42. The van der Waals surface area contributed by atoms with Crippen LogP contribution in [0.1, 0.15) is 29.2 Å². The van der Waals surface area contributed by atoms with Crippen LogP contribution in [-0.2, 0) is 34.0 Å². The number of anilines is 1. The molecule has 0 radical (unpaired) electrons. The predicted molar refractivity (Wildman–Crippen MR) is 144 cm³/mol. The standard InChI is InChI=1S/C30H32N4O4/c31-29-32-21-34(30(35)33-29)26-16-25(20-36-17-22-10-4-1-5-11-22)27(37-18-23-12-6-2-7-13-23)28(26)38-19-24-14-8-3-9-15-24/h1-15,21,25-28H,16-20H2,(H2,31,33,35)/t25-,26-,27?,28?/m1/s1. The van der Waals surface area contributed by atoms with E-state index < -0.39 is 11.8 Å². The molecule has 1 fully saturated rings. The third-order valence-corrected chi connectivity index (χ3v) is 6.83. The van der Waals surface area contributed by atoms with Crippen LogP contribution in [0.3, 0.4) is 0 Å². The molecule has 4 aromatic rings. The Morgan fingerprint density at radius 3 is 1.84 bits per heavy atom. The van der Waals surface area contributed by atoms with Gasteiger partial charge in [-0.3, -0.25) is 4.57 Å². The summed E-state index contributed by atoms with van der Waals surface area (Å²) in [5, 5.41) is 0. The summed E-state index contributed by atoms with van der Waals surface area (Å²) < 4.78 is 20.7. The van der Waals surface area contributed by atoms with Crippen LogP contribution >= 0.6 is 0 Å². The van der Waals surface area contributed by atoms with Gasteiger partial charge in [0.1, 0.15) is 12.4 Å². The minimum Gasteiger partial charge on any atom is -0.376 e. The van der Waals surface area contributed by atoms with Gasteiger partial charge in [0.05, 0.1) is 38.6 Å². The summed E-state index contributed by atoms with van der Waals surface area (Å²) >= 11 is 0. The van der Waals surface area contributed by atoms with Crippen LogP contribution in [0.15, 0.2) is 102 Å². The minimum absolute atomic E-state index is 0.0161. The van der Waals surface area contributed by atoms with Crippen molar-refractivity contribution in [1.29, 1.82) is 0 Å². The molecule has 3 aromatic carbocycles. The molecule has 8 heteroatoms. The third kappa shape index (κ3) is 6.52. The number of nitrogens with zero attached hydrogens (tertiary/aromatic N) is 3. The zero-order valence-electron chi connectivity index (χ0n) is 21.1. The molecule has 0 spiro atoms. The van der Waals surface area contributed by atoms with Crippen LogP contribution in [0.5, 0.6) is 0 Å². The third-order valence-electron chi connectivity index (χ3n) is 6.83. The highest BCUT2D eigenvalue weighted by atomic mass is 16.5. The van der Waals surface area contributed by atoms with Crippen molar-refractivity contribution in [3.63, 3.8) is 0 Å². The van der Waals surface area contributed by atoms with Crippen molar-refractivity contribution in [2.75, 3.05) is 12.3 Å². The summed E-state index contributed by atoms with van der Waals surface area (Å²) in [6.45, 7) is 1.76. The van der Waals surface area contributed by atoms with Crippen molar-refractivity contribution in [3.05, 3.63) is 124 Å². The Hall–Kier alpha value is -3.85. The van der Waals surface area contributed by atoms with Gasteiger partial charge >= 0.3 is 5.69 Å². The molecule has 2 N–H and O–H groups in total. The van der Waals surface area contributed by atoms with Crippen molar-refractivity contribution >= 4 is 5.95 Å². The molecule has 4 atom stereocenters. The van der Waals surface area contributed by atoms with Gasteiger partial charge in [0, 0.05) is 5.92 Å². The quantitative estimate of drug-likeness (QED) is 0.322. The van der Waals surface area contributed by atoms with E-state index >= 15 is 0 Å². The maximum Gasteiger partial charge on any atom is 0.352 e. The molecule has 8 nitrogen and oxygen atoms in total. The molecule has 0 bridgehead atoms. The molecule has 1 aliphatic rings. The number of nitrogen functional groups attached to an aromatic ring is 1. The maximum atomic E-state index is 12.8. The van der Waals surface area contributed by atoms with Gasteiger partial charge < -0.3 is 19.9 Å². The molecule has 38 heavy (non-hydrogen) atoms. The average Bonchev–Trinajstić information content (AvgIpc) is 3.29. The van der Waals surface area contributed by atoms with Gasteiger partial charge in [0.2, 0.25) is 5.95 Å². The second kappa shape index (κ2) is 12.6. The van der Waals surface area contributed by atoms with Crippen LogP contribution in [0.4, 0.5) is 5.95 Å². The zero-order chi connectivity index (χ0) is 26.2. The SMILES string of the molecule is Nc1ncn([C@@H]2C[C@H](COCc3ccccc3)C(OCc3ccccc3)C2OCc2ccccc2)c(=O)n1. The predicted octanol–water partition coefficient (Wildman–Crippen LogP) is 4.17. The Morgan fingerprint density at radius 1 is 0.763 bits per heavy atom. The van der Waals surface area contributed by atoms with Crippen LogP contribution in [0.25, 0.3) is 0 Å². The maximum absolute atomic E-state index is 12.8. The Morgan fingerprint density at radius 2 is 1.29 bits per heavy atom. The first kappa shape index (κ1) is 25.8. The first-order valence-electron chi connectivity index (χ1n) is 12.8. The lowest BCUT2D eigenvalue weighted by Crippen LogP contribution is -2.39. The lowest BCUT2D eigenvalue weighted by atomic mass is 10.1. The molecular weight excluding hydrogens is 480 g/mol. The second-order valence-corrected chi connectivity index (χ2v) is 9.49. The average molecular weight is 513 g/mol. The Kier molecular flexibility index (Phi) is 8.55.